The van der Waals surface area contributed by atoms with Gasteiger partial charge in [-0.15, -0.1) is 0 Å². The Bertz CT molecular complexity index is 1260. The first-order chi connectivity index (χ1) is 17.8. The molecule has 0 spiro atoms. The Hall–Kier alpha value is -3.85. The zero-order valence-electron chi connectivity index (χ0n) is 20.3. The maximum atomic E-state index is 13.9. The zero-order chi connectivity index (χ0) is 26.2. The van der Waals surface area contributed by atoms with Crippen LogP contribution >= 0.6 is 0 Å². The van der Waals surface area contributed by atoms with Crippen LogP contribution in [0.25, 0.3) is 6.08 Å². The number of nitrogens with one attached hydrogen (secondary N) is 1. The lowest BCUT2D eigenvalue weighted by Gasteiger charge is -2.35. The van der Waals surface area contributed by atoms with Gasteiger partial charge in [0.25, 0.3) is 5.69 Å². The summed E-state index contributed by atoms with van der Waals surface area (Å²) in [5.41, 5.74) is -0.893. The molecule has 3 fully saturated rings. The van der Waals surface area contributed by atoms with Gasteiger partial charge in [-0.3, -0.25) is 29.8 Å². The van der Waals surface area contributed by atoms with Gasteiger partial charge in [0.2, 0.25) is 11.8 Å². The third kappa shape index (κ3) is 4.44. The first kappa shape index (κ1) is 24.8. The molecular weight excluding hydrogens is 474 g/mol. The van der Waals surface area contributed by atoms with E-state index in [1.165, 1.54) is 24.3 Å². The van der Waals surface area contributed by atoms with Crippen LogP contribution in [-0.2, 0) is 14.4 Å². The van der Waals surface area contributed by atoms with Crippen molar-refractivity contribution < 1.29 is 24.4 Å². The van der Waals surface area contributed by atoms with Crippen LogP contribution in [0.2, 0.25) is 0 Å². The Labute approximate surface area is 214 Å². The second-order valence-electron chi connectivity index (χ2n) is 10.2. The number of hydrogen-bond acceptors (Lipinski definition) is 6. The Morgan fingerprint density at radius 1 is 1.08 bits per heavy atom. The molecule has 2 aliphatic heterocycles. The molecule has 1 aliphatic carbocycles. The molecule has 4 unspecified atom stereocenters. The number of rotatable bonds is 7. The number of imide groups is 1. The van der Waals surface area contributed by atoms with Gasteiger partial charge in [-0.25, -0.2) is 4.90 Å². The maximum Gasteiger partial charge on any atom is 0.324 e. The highest BCUT2D eigenvalue weighted by Crippen LogP contribution is 2.49. The number of hydrogen-bond donors (Lipinski definition) is 2. The zero-order valence-corrected chi connectivity index (χ0v) is 20.3. The number of carboxylic acid groups (broad SMARTS) is 1. The molecule has 5 rings (SSSR count). The number of carbonyl (C=O) groups is 3. The molecule has 1 saturated carbocycles. The summed E-state index contributed by atoms with van der Waals surface area (Å²) >= 11 is 0. The molecule has 0 radical (unpaired) electrons. The number of carboxylic acids is 1. The quantitative estimate of drug-likeness (QED) is 0.329. The van der Waals surface area contributed by atoms with Crippen molar-refractivity contribution in [2.75, 3.05) is 4.90 Å². The van der Waals surface area contributed by atoms with E-state index in [2.05, 4.69) is 5.32 Å². The van der Waals surface area contributed by atoms with E-state index >= 15 is 0 Å². The minimum atomic E-state index is -1.61. The fourth-order valence-electron chi connectivity index (χ4n) is 6.31. The standard InChI is InChI=1S/C28H29N3O6/c32-25-23-22(15-14-18-8-3-1-4-9-18)29-28(27(34)35,17-19-10-5-2-6-11-19)24(23)26(33)30(25)20-12-7-13-21(16-20)31(36)37/h1,3-4,7-9,12-16,19,22-24,29H,2,5-6,10-11,17H2,(H,34,35). The summed E-state index contributed by atoms with van der Waals surface area (Å²) in [4.78, 5) is 52.3. The highest BCUT2D eigenvalue weighted by molar-refractivity contribution is 6.24. The number of fused-ring (bicyclic) bond motifs is 1. The van der Waals surface area contributed by atoms with Crippen LogP contribution in [0.5, 0.6) is 0 Å². The van der Waals surface area contributed by atoms with Gasteiger partial charge in [-0.05, 0) is 24.0 Å². The van der Waals surface area contributed by atoms with Gasteiger partial charge in [0.05, 0.1) is 22.4 Å². The molecule has 2 saturated heterocycles. The summed E-state index contributed by atoms with van der Waals surface area (Å²) in [6.07, 6.45) is 8.74. The molecule has 2 amide bonds. The number of anilines is 1. The highest BCUT2D eigenvalue weighted by atomic mass is 16.6. The van der Waals surface area contributed by atoms with Crippen LogP contribution in [-0.4, -0.2) is 39.4 Å². The lowest BCUT2D eigenvalue weighted by Crippen LogP contribution is -2.57. The van der Waals surface area contributed by atoms with Crippen LogP contribution in [0.15, 0.2) is 60.7 Å². The van der Waals surface area contributed by atoms with Gasteiger partial charge in [-0.2, -0.15) is 0 Å². The number of nitro groups is 1. The van der Waals surface area contributed by atoms with Crippen molar-refractivity contribution in [2.24, 2.45) is 17.8 Å². The lowest BCUT2D eigenvalue weighted by atomic mass is 9.72. The Morgan fingerprint density at radius 2 is 1.81 bits per heavy atom. The minimum absolute atomic E-state index is 0.0846. The number of nitro benzene ring substituents is 1. The van der Waals surface area contributed by atoms with Crippen LogP contribution < -0.4 is 10.2 Å². The van der Waals surface area contributed by atoms with E-state index in [-0.39, 0.29) is 23.7 Å². The normalized spacial score (nSPS) is 28.1. The van der Waals surface area contributed by atoms with Crippen LogP contribution in [0.1, 0.15) is 44.1 Å². The molecule has 2 aromatic carbocycles. The van der Waals surface area contributed by atoms with Gasteiger partial charge < -0.3 is 5.11 Å². The van der Waals surface area contributed by atoms with Gasteiger partial charge in [0.1, 0.15) is 5.54 Å². The van der Waals surface area contributed by atoms with Gasteiger partial charge in [-0.1, -0.05) is 80.7 Å². The number of aliphatic carboxylic acids is 1. The van der Waals surface area contributed by atoms with Crippen molar-refractivity contribution in [1.82, 2.24) is 5.32 Å². The van der Waals surface area contributed by atoms with Crippen molar-refractivity contribution in [3.05, 3.63) is 76.4 Å². The number of nitrogens with zero attached hydrogens (tertiary/aromatic N) is 2. The van der Waals surface area contributed by atoms with Crippen LogP contribution in [0.3, 0.4) is 0 Å². The topological polar surface area (TPSA) is 130 Å². The molecule has 2 aromatic rings. The van der Waals surface area contributed by atoms with Crippen LogP contribution in [0.4, 0.5) is 11.4 Å². The van der Waals surface area contributed by atoms with E-state index < -0.39 is 46.1 Å². The molecular formula is C28H29N3O6. The van der Waals surface area contributed by atoms with Gasteiger partial charge in [0.15, 0.2) is 0 Å². The summed E-state index contributed by atoms with van der Waals surface area (Å²) in [7, 11) is 0. The first-order valence-corrected chi connectivity index (χ1v) is 12.7. The Kier molecular flexibility index (Phi) is 6.64. The van der Waals surface area contributed by atoms with E-state index in [1.54, 1.807) is 6.08 Å². The molecule has 2 N–H and O–H groups in total. The molecule has 9 heteroatoms. The summed E-state index contributed by atoms with van der Waals surface area (Å²) in [6, 6.07) is 14.1. The second kappa shape index (κ2) is 9.89. The maximum absolute atomic E-state index is 13.9. The number of amides is 2. The van der Waals surface area contributed by atoms with Gasteiger partial charge >= 0.3 is 5.97 Å². The largest absolute Gasteiger partial charge is 0.480 e. The van der Waals surface area contributed by atoms with E-state index in [1.807, 2.05) is 36.4 Å². The molecule has 2 heterocycles. The summed E-state index contributed by atoms with van der Waals surface area (Å²) in [5, 5.41) is 25.1. The first-order valence-electron chi connectivity index (χ1n) is 12.7. The molecule has 37 heavy (non-hydrogen) atoms. The molecule has 192 valence electrons. The van der Waals surface area contributed by atoms with E-state index in [4.69, 9.17) is 0 Å². The molecule has 9 nitrogen and oxygen atoms in total. The fourth-order valence-corrected chi connectivity index (χ4v) is 6.31. The number of non-ortho nitro benzene ring substituents is 1. The summed E-state index contributed by atoms with van der Waals surface area (Å²) < 4.78 is 0. The smallest absolute Gasteiger partial charge is 0.324 e. The van der Waals surface area contributed by atoms with Crippen LogP contribution in [0, 0.1) is 27.9 Å². The Balaban J connectivity index is 1.57. The third-order valence-corrected chi connectivity index (χ3v) is 8.00. The molecule has 3 aliphatic rings. The van der Waals surface area contributed by atoms with Crippen molar-refractivity contribution in [3.63, 3.8) is 0 Å². The van der Waals surface area contributed by atoms with Crippen molar-refractivity contribution in [1.29, 1.82) is 0 Å². The molecule has 4 atom stereocenters. The monoisotopic (exact) mass is 503 g/mol. The average Bonchev–Trinajstić information content (AvgIpc) is 3.37. The van der Waals surface area contributed by atoms with Crippen molar-refractivity contribution in [2.45, 2.75) is 50.1 Å². The van der Waals surface area contributed by atoms with E-state index in [0.29, 0.717) is 0 Å². The van der Waals surface area contributed by atoms with E-state index in [9.17, 15) is 29.6 Å². The summed E-state index contributed by atoms with van der Waals surface area (Å²) in [5.74, 6) is -4.25. The average molecular weight is 504 g/mol. The summed E-state index contributed by atoms with van der Waals surface area (Å²) in [6.45, 7) is 0. The van der Waals surface area contributed by atoms with E-state index in [0.717, 1.165) is 42.6 Å². The number of benzene rings is 2. The predicted octanol–water partition coefficient (Wildman–Crippen LogP) is 4.18. The Morgan fingerprint density at radius 3 is 2.49 bits per heavy atom. The minimum Gasteiger partial charge on any atom is -0.480 e. The number of carbonyl (C=O) groups excluding carboxylic acids is 2. The lowest BCUT2D eigenvalue weighted by molar-refractivity contribution is -0.384. The predicted molar refractivity (Wildman–Crippen MR) is 137 cm³/mol. The van der Waals surface area contributed by atoms with Crippen molar-refractivity contribution in [3.8, 4) is 0 Å². The molecule has 0 aromatic heterocycles. The fraction of sp³-hybridized carbons (Fsp3) is 0.393. The van der Waals surface area contributed by atoms with Gasteiger partial charge in [0, 0.05) is 18.2 Å². The second-order valence-corrected chi connectivity index (χ2v) is 10.2. The third-order valence-electron chi connectivity index (χ3n) is 8.00. The highest BCUT2D eigenvalue weighted by Gasteiger charge is 2.68. The van der Waals surface area contributed by atoms with Crippen molar-refractivity contribution >= 4 is 35.2 Å². The SMILES string of the molecule is O=C1C2C(C=Cc3ccccc3)NC(CC3CCCCC3)(C(=O)O)C2C(=O)N1c1cccc([N+](=O)[O-])c1. The molecule has 0 bridgehead atoms.